The molecule has 1 saturated heterocycles. The van der Waals surface area contributed by atoms with Crippen LogP contribution in [0.1, 0.15) is 65.7 Å². The van der Waals surface area contributed by atoms with Crippen LogP contribution in [0, 0.1) is 11.3 Å². The molecule has 1 spiro atoms. The predicted molar refractivity (Wildman–Crippen MR) is 81.4 cm³/mol. The molecule has 1 aliphatic heterocycles. The summed E-state index contributed by atoms with van der Waals surface area (Å²) in [6.07, 6.45) is 10.0. The van der Waals surface area contributed by atoms with Gasteiger partial charge >= 0.3 is 0 Å². The Morgan fingerprint density at radius 1 is 1.05 bits per heavy atom. The molecule has 2 aliphatic carbocycles. The topological polar surface area (TPSA) is 15.3 Å². The first kappa shape index (κ1) is 13.9. The zero-order valence-corrected chi connectivity index (χ0v) is 13.2. The number of nitrogens with zero attached hydrogens (tertiary/aromatic N) is 1. The van der Waals surface area contributed by atoms with Crippen molar-refractivity contribution in [2.75, 3.05) is 19.6 Å². The van der Waals surface area contributed by atoms with Crippen LogP contribution in [-0.4, -0.2) is 36.1 Å². The van der Waals surface area contributed by atoms with E-state index >= 15 is 0 Å². The highest BCUT2D eigenvalue weighted by Gasteiger charge is 2.48. The molecule has 0 radical (unpaired) electrons. The van der Waals surface area contributed by atoms with Gasteiger partial charge in [0.1, 0.15) is 0 Å². The number of rotatable bonds is 1. The van der Waals surface area contributed by atoms with Crippen LogP contribution < -0.4 is 5.32 Å². The second kappa shape index (κ2) is 5.04. The third-order valence-electron chi connectivity index (χ3n) is 6.07. The molecule has 19 heavy (non-hydrogen) atoms. The molecule has 0 aromatic rings. The second-order valence-corrected chi connectivity index (χ2v) is 8.27. The molecule has 0 amide bonds. The molecule has 2 saturated carbocycles. The lowest BCUT2D eigenvalue weighted by atomic mass is 9.77. The first-order valence-electron chi connectivity index (χ1n) is 8.50. The zero-order valence-electron chi connectivity index (χ0n) is 13.2. The normalized spacial score (nSPS) is 38.7. The minimum atomic E-state index is 0.510. The van der Waals surface area contributed by atoms with Crippen molar-refractivity contribution in [1.29, 1.82) is 0 Å². The van der Waals surface area contributed by atoms with Crippen molar-refractivity contribution >= 4 is 0 Å². The number of hydrogen-bond donors (Lipinski definition) is 1. The van der Waals surface area contributed by atoms with Gasteiger partial charge < -0.3 is 5.32 Å². The van der Waals surface area contributed by atoms with E-state index in [0.717, 1.165) is 12.0 Å². The molecule has 3 rings (SSSR count). The van der Waals surface area contributed by atoms with Crippen LogP contribution in [0.3, 0.4) is 0 Å². The van der Waals surface area contributed by atoms with Gasteiger partial charge in [0.2, 0.25) is 0 Å². The fourth-order valence-corrected chi connectivity index (χ4v) is 5.33. The average molecular weight is 264 g/mol. The van der Waals surface area contributed by atoms with Crippen LogP contribution in [0.25, 0.3) is 0 Å². The zero-order chi connectivity index (χ0) is 13.5. The molecule has 3 aliphatic rings. The van der Waals surface area contributed by atoms with Crippen molar-refractivity contribution < 1.29 is 0 Å². The highest BCUT2D eigenvalue weighted by atomic mass is 15.3. The van der Waals surface area contributed by atoms with Crippen molar-refractivity contribution in [2.45, 2.75) is 77.3 Å². The summed E-state index contributed by atoms with van der Waals surface area (Å²) >= 11 is 0. The smallest absolute Gasteiger partial charge is 0.0337 e. The molecule has 2 atom stereocenters. The molecular formula is C17H32N2. The molecule has 1 N–H and O–H groups in total. The van der Waals surface area contributed by atoms with E-state index in [-0.39, 0.29) is 0 Å². The van der Waals surface area contributed by atoms with E-state index in [0.29, 0.717) is 11.0 Å². The maximum absolute atomic E-state index is 3.69. The van der Waals surface area contributed by atoms with E-state index in [4.69, 9.17) is 0 Å². The van der Waals surface area contributed by atoms with Crippen LogP contribution in [0.5, 0.6) is 0 Å². The van der Waals surface area contributed by atoms with Gasteiger partial charge in [-0.3, -0.25) is 4.90 Å². The van der Waals surface area contributed by atoms with E-state index in [2.05, 4.69) is 31.0 Å². The Morgan fingerprint density at radius 2 is 1.79 bits per heavy atom. The Bertz CT molecular complexity index is 309. The number of hydrogen-bond acceptors (Lipinski definition) is 2. The van der Waals surface area contributed by atoms with Crippen molar-refractivity contribution in [3.63, 3.8) is 0 Å². The summed E-state index contributed by atoms with van der Waals surface area (Å²) in [6.45, 7) is 11.2. The Balaban J connectivity index is 1.80. The lowest BCUT2D eigenvalue weighted by molar-refractivity contribution is -0.0188. The summed E-state index contributed by atoms with van der Waals surface area (Å²) in [5.41, 5.74) is 1.07. The Labute approximate surface area is 119 Å². The minimum absolute atomic E-state index is 0.510. The SMILES string of the molecule is CC1CC(C)(C)CC1N1CCNCC12CCCCC2. The van der Waals surface area contributed by atoms with Crippen molar-refractivity contribution in [3.05, 3.63) is 0 Å². The van der Waals surface area contributed by atoms with Crippen LogP contribution in [-0.2, 0) is 0 Å². The Morgan fingerprint density at radius 3 is 2.42 bits per heavy atom. The monoisotopic (exact) mass is 264 g/mol. The summed E-state index contributed by atoms with van der Waals surface area (Å²) in [7, 11) is 0. The van der Waals surface area contributed by atoms with Gasteiger partial charge in [-0.05, 0) is 37.0 Å². The molecule has 2 nitrogen and oxygen atoms in total. The Kier molecular flexibility index (Phi) is 3.68. The molecule has 2 unspecified atom stereocenters. The van der Waals surface area contributed by atoms with Gasteiger partial charge in [-0.2, -0.15) is 0 Å². The van der Waals surface area contributed by atoms with Crippen LogP contribution in [0.2, 0.25) is 0 Å². The lowest BCUT2D eigenvalue weighted by Crippen LogP contribution is -2.65. The van der Waals surface area contributed by atoms with E-state index in [1.54, 1.807) is 0 Å². The van der Waals surface area contributed by atoms with Crippen molar-refractivity contribution in [3.8, 4) is 0 Å². The van der Waals surface area contributed by atoms with Gasteiger partial charge in [0.25, 0.3) is 0 Å². The molecule has 0 aromatic carbocycles. The molecule has 2 heteroatoms. The molecule has 3 fully saturated rings. The van der Waals surface area contributed by atoms with Crippen LogP contribution in [0.4, 0.5) is 0 Å². The highest BCUT2D eigenvalue weighted by Crippen LogP contribution is 2.47. The standard InChI is InChI=1S/C17H32N2/c1-14-11-16(2,3)12-15(14)19-10-9-18-13-17(19)7-5-4-6-8-17/h14-15,18H,4-13H2,1-3H3. The largest absolute Gasteiger partial charge is 0.314 e. The Hall–Kier alpha value is -0.0800. The van der Waals surface area contributed by atoms with Gasteiger partial charge in [-0.15, -0.1) is 0 Å². The summed E-state index contributed by atoms with van der Waals surface area (Å²) in [4.78, 5) is 2.96. The predicted octanol–water partition coefficient (Wildman–Crippen LogP) is 3.42. The highest BCUT2D eigenvalue weighted by molar-refractivity contribution is 5.04. The van der Waals surface area contributed by atoms with Gasteiger partial charge in [0.15, 0.2) is 0 Å². The summed E-state index contributed by atoms with van der Waals surface area (Å²) in [5, 5.41) is 3.69. The third kappa shape index (κ3) is 2.58. The second-order valence-electron chi connectivity index (χ2n) is 8.27. The molecule has 0 bridgehead atoms. The van der Waals surface area contributed by atoms with E-state index in [1.807, 2.05) is 0 Å². The summed E-state index contributed by atoms with van der Waals surface area (Å²) in [6, 6.07) is 0.843. The van der Waals surface area contributed by atoms with Gasteiger partial charge in [-0.1, -0.05) is 40.0 Å². The van der Waals surface area contributed by atoms with Crippen molar-refractivity contribution in [1.82, 2.24) is 10.2 Å². The van der Waals surface area contributed by atoms with E-state index in [9.17, 15) is 0 Å². The van der Waals surface area contributed by atoms with Gasteiger partial charge in [-0.25, -0.2) is 0 Å². The van der Waals surface area contributed by atoms with Crippen LogP contribution in [0.15, 0.2) is 0 Å². The van der Waals surface area contributed by atoms with Crippen LogP contribution >= 0.6 is 0 Å². The molecule has 110 valence electrons. The first-order chi connectivity index (χ1) is 9.03. The lowest BCUT2D eigenvalue weighted by Gasteiger charge is -2.53. The minimum Gasteiger partial charge on any atom is -0.314 e. The van der Waals surface area contributed by atoms with E-state index in [1.165, 1.54) is 64.6 Å². The average Bonchev–Trinajstić information content (AvgIpc) is 2.64. The number of piperazine rings is 1. The van der Waals surface area contributed by atoms with Gasteiger partial charge in [0.05, 0.1) is 0 Å². The fourth-order valence-electron chi connectivity index (χ4n) is 5.33. The molecular weight excluding hydrogens is 232 g/mol. The maximum atomic E-state index is 3.69. The third-order valence-corrected chi connectivity index (χ3v) is 6.07. The molecule has 0 aromatic heterocycles. The first-order valence-corrected chi connectivity index (χ1v) is 8.50. The summed E-state index contributed by atoms with van der Waals surface area (Å²) in [5.74, 6) is 0.881. The number of nitrogens with one attached hydrogen (secondary N) is 1. The maximum Gasteiger partial charge on any atom is 0.0337 e. The fraction of sp³-hybridized carbons (Fsp3) is 1.00. The van der Waals surface area contributed by atoms with E-state index < -0.39 is 0 Å². The quantitative estimate of drug-likeness (QED) is 0.780. The van der Waals surface area contributed by atoms with Crippen molar-refractivity contribution in [2.24, 2.45) is 11.3 Å². The molecule has 1 heterocycles. The summed E-state index contributed by atoms with van der Waals surface area (Å²) < 4.78 is 0. The van der Waals surface area contributed by atoms with Gasteiger partial charge in [0, 0.05) is 31.2 Å².